The lowest BCUT2D eigenvalue weighted by molar-refractivity contribution is -0.118. The Morgan fingerprint density at radius 3 is 2.30 bits per heavy atom. The predicted octanol–water partition coefficient (Wildman–Crippen LogP) is 0.431. The number of rotatable bonds is 5. The molecule has 0 unspecified atom stereocenters. The second-order valence-electron chi connectivity index (χ2n) is 4.41. The molecule has 0 aliphatic carbocycles. The van der Waals surface area contributed by atoms with Crippen molar-refractivity contribution in [3.8, 4) is 0 Å². The molecule has 1 rings (SSSR count). The third kappa shape index (κ3) is 3.23. The molecule has 0 bridgehead atoms. The average Bonchev–Trinajstić information content (AvgIpc) is 2.29. The molecule has 0 heterocycles. The fourth-order valence-corrected chi connectivity index (χ4v) is 3.25. The number of carbonyl (C=O) groups excluding carboxylic acids is 1. The molecular formula is C11H15F2N3O3S. The summed E-state index contributed by atoms with van der Waals surface area (Å²) in [6, 6.07) is 0.416. The van der Waals surface area contributed by atoms with Crippen LogP contribution in [0.5, 0.6) is 0 Å². The van der Waals surface area contributed by atoms with Gasteiger partial charge in [0.1, 0.15) is 16.5 Å². The molecule has 0 saturated heterocycles. The van der Waals surface area contributed by atoms with Crippen molar-refractivity contribution < 1.29 is 22.0 Å². The highest BCUT2D eigenvalue weighted by molar-refractivity contribution is 7.89. The maximum Gasteiger partial charge on any atom is 0.246 e. The lowest BCUT2D eigenvalue weighted by Gasteiger charge is -2.24. The van der Waals surface area contributed by atoms with Gasteiger partial charge in [0.25, 0.3) is 0 Å². The molecule has 20 heavy (non-hydrogen) atoms. The summed E-state index contributed by atoms with van der Waals surface area (Å²) in [5, 5.41) is 0. The fourth-order valence-electron chi connectivity index (χ4n) is 1.57. The SMILES string of the molecule is CC(C)N(CC(N)=O)S(=O)(=O)c1cc(N)c(F)cc1F. The van der Waals surface area contributed by atoms with Gasteiger partial charge in [-0.15, -0.1) is 0 Å². The van der Waals surface area contributed by atoms with Crippen LogP contribution < -0.4 is 11.5 Å². The largest absolute Gasteiger partial charge is 0.396 e. The van der Waals surface area contributed by atoms with Crippen molar-refractivity contribution in [2.45, 2.75) is 24.8 Å². The molecule has 1 amide bonds. The topological polar surface area (TPSA) is 106 Å². The summed E-state index contributed by atoms with van der Waals surface area (Å²) >= 11 is 0. The Morgan fingerprint density at radius 1 is 1.30 bits per heavy atom. The first kappa shape index (κ1) is 16.3. The first-order valence-corrected chi connectivity index (χ1v) is 7.06. The number of hydrogen-bond acceptors (Lipinski definition) is 4. The molecule has 9 heteroatoms. The van der Waals surface area contributed by atoms with Gasteiger partial charge in [0, 0.05) is 12.1 Å². The van der Waals surface area contributed by atoms with Crippen LogP contribution in [0.3, 0.4) is 0 Å². The van der Waals surface area contributed by atoms with E-state index in [2.05, 4.69) is 0 Å². The number of amides is 1. The van der Waals surface area contributed by atoms with Gasteiger partial charge in [0.05, 0.1) is 12.2 Å². The normalized spacial score (nSPS) is 12.1. The van der Waals surface area contributed by atoms with Gasteiger partial charge in [0.15, 0.2) is 0 Å². The average molecular weight is 307 g/mol. The smallest absolute Gasteiger partial charge is 0.246 e. The van der Waals surface area contributed by atoms with Gasteiger partial charge < -0.3 is 11.5 Å². The zero-order chi connectivity index (χ0) is 15.7. The predicted molar refractivity (Wildman–Crippen MR) is 69.0 cm³/mol. The van der Waals surface area contributed by atoms with Gasteiger partial charge >= 0.3 is 0 Å². The number of nitrogen functional groups attached to an aromatic ring is 1. The molecule has 0 atom stereocenters. The van der Waals surface area contributed by atoms with E-state index in [9.17, 15) is 22.0 Å². The minimum Gasteiger partial charge on any atom is -0.396 e. The van der Waals surface area contributed by atoms with E-state index in [0.29, 0.717) is 16.4 Å². The Hall–Kier alpha value is -1.74. The van der Waals surface area contributed by atoms with Gasteiger partial charge in [-0.3, -0.25) is 4.79 Å². The number of halogens is 2. The van der Waals surface area contributed by atoms with Gasteiger partial charge in [-0.05, 0) is 19.9 Å². The van der Waals surface area contributed by atoms with Crippen molar-refractivity contribution in [1.82, 2.24) is 4.31 Å². The summed E-state index contributed by atoms with van der Waals surface area (Å²) in [4.78, 5) is 10.1. The van der Waals surface area contributed by atoms with Crippen molar-refractivity contribution >= 4 is 21.6 Å². The van der Waals surface area contributed by atoms with E-state index in [4.69, 9.17) is 11.5 Å². The molecule has 0 aliphatic heterocycles. The Kier molecular flexibility index (Phi) is 4.66. The second kappa shape index (κ2) is 5.71. The van der Waals surface area contributed by atoms with Crippen molar-refractivity contribution in [2.24, 2.45) is 5.73 Å². The van der Waals surface area contributed by atoms with E-state index in [0.717, 1.165) is 0 Å². The van der Waals surface area contributed by atoms with E-state index in [1.807, 2.05) is 0 Å². The van der Waals surface area contributed by atoms with E-state index in [1.54, 1.807) is 0 Å². The Morgan fingerprint density at radius 2 is 1.85 bits per heavy atom. The van der Waals surface area contributed by atoms with E-state index >= 15 is 0 Å². The van der Waals surface area contributed by atoms with Gasteiger partial charge in [-0.25, -0.2) is 17.2 Å². The Labute approximate surface area is 115 Å². The monoisotopic (exact) mass is 307 g/mol. The molecule has 4 N–H and O–H groups in total. The zero-order valence-corrected chi connectivity index (χ0v) is 11.7. The summed E-state index contributed by atoms with van der Waals surface area (Å²) in [7, 11) is -4.35. The van der Waals surface area contributed by atoms with Crippen LogP contribution in [-0.4, -0.2) is 31.2 Å². The quantitative estimate of drug-likeness (QED) is 0.769. The van der Waals surface area contributed by atoms with Crippen LogP contribution in [0, 0.1) is 11.6 Å². The standard InChI is InChI=1S/C11H15F2N3O3S/c1-6(2)16(5-11(15)17)20(18,19)10-4-9(14)7(12)3-8(10)13/h3-4,6H,5,14H2,1-2H3,(H2,15,17). The molecular weight excluding hydrogens is 292 g/mol. The number of nitrogens with two attached hydrogens (primary N) is 2. The summed E-state index contributed by atoms with van der Waals surface area (Å²) < 4.78 is 52.0. The molecule has 0 aromatic heterocycles. The minimum atomic E-state index is -4.35. The maximum atomic E-state index is 13.7. The lowest BCUT2D eigenvalue weighted by Crippen LogP contribution is -2.43. The van der Waals surface area contributed by atoms with Crippen LogP contribution in [0.15, 0.2) is 17.0 Å². The number of anilines is 1. The number of primary amides is 1. The first-order chi connectivity index (χ1) is 9.07. The molecule has 0 fully saturated rings. The van der Waals surface area contributed by atoms with Crippen molar-refractivity contribution in [3.63, 3.8) is 0 Å². The maximum absolute atomic E-state index is 13.7. The van der Waals surface area contributed by atoms with Crippen LogP contribution in [0.1, 0.15) is 13.8 Å². The summed E-state index contributed by atoms with van der Waals surface area (Å²) in [6.07, 6.45) is 0. The number of nitrogens with zero attached hydrogens (tertiary/aromatic N) is 1. The number of sulfonamides is 1. The van der Waals surface area contributed by atoms with Gasteiger partial charge in [-0.1, -0.05) is 0 Å². The minimum absolute atomic E-state index is 0.380. The van der Waals surface area contributed by atoms with E-state index in [1.165, 1.54) is 13.8 Å². The highest BCUT2D eigenvalue weighted by Gasteiger charge is 2.31. The lowest BCUT2D eigenvalue weighted by atomic mass is 10.3. The van der Waals surface area contributed by atoms with Crippen LogP contribution >= 0.6 is 0 Å². The molecule has 0 saturated carbocycles. The molecule has 1 aromatic carbocycles. The fraction of sp³-hybridized carbons (Fsp3) is 0.364. The van der Waals surface area contributed by atoms with Gasteiger partial charge in [0.2, 0.25) is 15.9 Å². The molecule has 1 aromatic rings. The highest BCUT2D eigenvalue weighted by atomic mass is 32.2. The molecule has 112 valence electrons. The third-order valence-electron chi connectivity index (χ3n) is 2.53. The molecule has 6 nitrogen and oxygen atoms in total. The second-order valence-corrected chi connectivity index (χ2v) is 6.27. The van der Waals surface area contributed by atoms with Crippen molar-refractivity contribution in [3.05, 3.63) is 23.8 Å². The summed E-state index contributed by atoms with van der Waals surface area (Å²) in [6.45, 7) is 2.37. The van der Waals surface area contributed by atoms with Crippen molar-refractivity contribution in [2.75, 3.05) is 12.3 Å². The number of carbonyl (C=O) groups is 1. The van der Waals surface area contributed by atoms with Crippen LogP contribution in [-0.2, 0) is 14.8 Å². The number of hydrogen-bond donors (Lipinski definition) is 2. The van der Waals surface area contributed by atoms with E-state index in [-0.39, 0.29) is 0 Å². The Bertz CT molecular complexity index is 632. The summed E-state index contributed by atoms with van der Waals surface area (Å²) in [5.41, 5.74) is 9.72. The van der Waals surface area contributed by atoms with Gasteiger partial charge in [-0.2, -0.15) is 4.31 Å². The zero-order valence-electron chi connectivity index (χ0n) is 10.9. The molecule has 0 spiro atoms. The molecule has 0 radical (unpaired) electrons. The first-order valence-electron chi connectivity index (χ1n) is 5.62. The third-order valence-corrected chi connectivity index (χ3v) is 4.56. The Balaban J connectivity index is 3.41. The summed E-state index contributed by atoms with van der Waals surface area (Å²) in [5.74, 6) is -3.24. The van der Waals surface area contributed by atoms with Crippen molar-refractivity contribution in [1.29, 1.82) is 0 Å². The highest BCUT2D eigenvalue weighted by Crippen LogP contribution is 2.25. The van der Waals surface area contributed by atoms with E-state index < -0.39 is 50.7 Å². The van der Waals surface area contributed by atoms with Crippen LogP contribution in [0.4, 0.5) is 14.5 Å². The van der Waals surface area contributed by atoms with Crippen LogP contribution in [0.25, 0.3) is 0 Å². The number of benzene rings is 1. The van der Waals surface area contributed by atoms with Crippen LogP contribution in [0.2, 0.25) is 0 Å². The molecule has 0 aliphatic rings.